The molecule has 1 aliphatic carbocycles. The summed E-state index contributed by atoms with van der Waals surface area (Å²) in [5, 5.41) is 26.0. The van der Waals surface area contributed by atoms with Crippen LogP contribution in [0.15, 0.2) is 18.4 Å². The van der Waals surface area contributed by atoms with Gasteiger partial charge in [-0.3, -0.25) is 9.59 Å². The topological polar surface area (TPSA) is 156 Å². The number of carbonyl (C=O) groups is 2. The van der Waals surface area contributed by atoms with Crippen LogP contribution in [0.25, 0.3) is 23.1 Å². The number of aryl methyl sites for hydroxylation is 1. The van der Waals surface area contributed by atoms with Crippen molar-refractivity contribution in [3.8, 4) is 23.1 Å². The third-order valence-corrected chi connectivity index (χ3v) is 6.64. The summed E-state index contributed by atoms with van der Waals surface area (Å²) in [6.07, 6.45) is 4.50. The second-order valence-electron chi connectivity index (χ2n) is 8.58. The predicted octanol–water partition coefficient (Wildman–Crippen LogP) is 2.66. The van der Waals surface area contributed by atoms with Crippen LogP contribution in [0.2, 0.25) is 0 Å². The molecule has 4 heterocycles. The number of aromatic nitrogens is 6. The van der Waals surface area contributed by atoms with E-state index in [1.165, 1.54) is 31.2 Å². The summed E-state index contributed by atoms with van der Waals surface area (Å²) in [4.78, 5) is 42.0. The Labute approximate surface area is 191 Å². The van der Waals surface area contributed by atoms with Gasteiger partial charge in [-0.2, -0.15) is 5.10 Å². The molecule has 170 valence electrons. The molecule has 1 aliphatic heterocycles. The van der Waals surface area contributed by atoms with Crippen LogP contribution < -0.4 is 4.74 Å². The number of ketones is 2. The Hall–Kier alpha value is -4.54. The molecule has 0 radical (unpaired) electrons. The maximum absolute atomic E-state index is 14.0. The highest BCUT2D eigenvalue weighted by molar-refractivity contribution is 6.14. The molecule has 4 aromatic rings. The number of H-pyrrole nitrogens is 1. The lowest BCUT2D eigenvalue weighted by molar-refractivity contribution is 0.0905. The lowest BCUT2D eigenvalue weighted by Crippen LogP contribution is -2.36. The Morgan fingerprint density at radius 2 is 1.94 bits per heavy atom. The van der Waals surface area contributed by atoms with Gasteiger partial charge in [0.05, 0.1) is 28.8 Å². The van der Waals surface area contributed by atoms with Gasteiger partial charge in [0.15, 0.2) is 23.0 Å². The Morgan fingerprint density at radius 1 is 1.18 bits per heavy atom. The highest BCUT2D eigenvalue weighted by Crippen LogP contribution is 2.58. The second-order valence-corrected chi connectivity index (χ2v) is 8.58. The van der Waals surface area contributed by atoms with Gasteiger partial charge in [0.1, 0.15) is 45.8 Å². The van der Waals surface area contributed by atoms with E-state index < -0.39 is 11.2 Å². The van der Waals surface area contributed by atoms with Crippen LogP contribution in [0.3, 0.4) is 0 Å². The van der Waals surface area contributed by atoms with E-state index in [1.807, 2.05) is 0 Å². The highest BCUT2D eigenvalue weighted by Gasteiger charge is 2.55. The summed E-state index contributed by atoms with van der Waals surface area (Å²) in [6.45, 7) is 6.11. The van der Waals surface area contributed by atoms with Crippen LogP contribution in [0.4, 0.5) is 0 Å². The Morgan fingerprint density at radius 3 is 2.68 bits per heavy atom. The molecule has 2 aliphatic rings. The molecule has 0 saturated carbocycles. The number of imidazole rings is 1. The van der Waals surface area contributed by atoms with Crippen molar-refractivity contribution in [1.29, 1.82) is 0 Å². The van der Waals surface area contributed by atoms with Crippen molar-refractivity contribution >= 4 is 28.8 Å². The number of phenolic OH excluding ortho intramolecular Hbond substituents is 2. The van der Waals surface area contributed by atoms with Gasteiger partial charge in [-0.15, -0.1) is 0 Å². The van der Waals surface area contributed by atoms with Gasteiger partial charge in [0.2, 0.25) is 0 Å². The van der Waals surface area contributed by atoms with Gasteiger partial charge in [0.25, 0.3) is 0 Å². The van der Waals surface area contributed by atoms with Crippen LogP contribution in [0, 0.1) is 13.8 Å². The fourth-order valence-corrected chi connectivity index (χ4v) is 4.86. The largest absolute Gasteiger partial charge is 0.507 e. The summed E-state index contributed by atoms with van der Waals surface area (Å²) in [6, 6.07) is 0. The van der Waals surface area contributed by atoms with E-state index in [4.69, 9.17) is 4.74 Å². The van der Waals surface area contributed by atoms with Crippen LogP contribution in [-0.4, -0.2) is 51.5 Å². The van der Waals surface area contributed by atoms with Crippen molar-refractivity contribution in [2.45, 2.75) is 33.1 Å². The minimum Gasteiger partial charge on any atom is -0.507 e. The van der Waals surface area contributed by atoms with E-state index in [9.17, 15) is 19.8 Å². The van der Waals surface area contributed by atoms with E-state index in [-0.39, 0.29) is 45.5 Å². The summed E-state index contributed by atoms with van der Waals surface area (Å²) in [5.41, 5.74) is 0.972. The number of benzene rings is 1. The third-order valence-electron chi connectivity index (χ3n) is 6.64. The minimum absolute atomic E-state index is 0.0180. The first kappa shape index (κ1) is 20.1. The normalized spacial score (nSPS) is 18.4. The first-order chi connectivity index (χ1) is 16.2. The minimum atomic E-state index is -1.41. The van der Waals surface area contributed by atoms with Crippen molar-refractivity contribution in [3.05, 3.63) is 52.1 Å². The van der Waals surface area contributed by atoms with Crippen LogP contribution >= 0.6 is 0 Å². The van der Waals surface area contributed by atoms with Crippen molar-refractivity contribution in [2.24, 2.45) is 0 Å². The van der Waals surface area contributed by atoms with Gasteiger partial charge in [-0.05, 0) is 27.7 Å². The van der Waals surface area contributed by atoms with E-state index in [0.717, 1.165) is 0 Å². The Kier molecular flexibility index (Phi) is 3.71. The molecule has 0 spiro atoms. The van der Waals surface area contributed by atoms with Crippen molar-refractivity contribution in [1.82, 2.24) is 29.7 Å². The number of Topliss-reactive ketones (excluding diaryl/α,β-unsaturated/α-hetero) is 2. The number of hydrogen-bond acceptors (Lipinski definition) is 9. The molecule has 0 amide bonds. The smallest absolute Gasteiger partial charge is 0.185 e. The second kappa shape index (κ2) is 6.28. The molecule has 0 fully saturated rings. The van der Waals surface area contributed by atoms with Gasteiger partial charge in [-0.1, -0.05) is 0 Å². The van der Waals surface area contributed by atoms with Gasteiger partial charge >= 0.3 is 0 Å². The lowest BCUT2D eigenvalue weighted by Gasteiger charge is -2.27. The van der Waals surface area contributed by atoms with Crippen molar-refractivity contribution < 1.29 is 24.5 Å². The molecule has 0 bridgehead atoms. The first-order valence-corrected chi connectivity index (χ1v) is 10.4. The number of ether oxygens (including phenoxy) is 1. The average molecular weight is 458 g/mol. The number of aromatic hydroxyl groups is 2. The number of nitrogens with zero attached hydrogens (tertiary/aromatic N) is 5. The van der Waals surface area contributed by atoms with Crippen LogP contribution in [0.1, 0.15) is 57.1 Å². The standard InChI is InChI=1S/C23H18N6O5/c1-8-17(31)14(10(3)30)19-15(18(8)32)23(4)12(34-19)5-11-13(20(23)33)9(2)28-29(11)22-16-21(25-6-24-16)26-7-27-22/h5-7,31-32H,1-4H3,(H,24,25,26,27)/t23-/m0/s1. The number of rotatable bonds is 2. The molecule has 1 aromatic carbocycles. The number of allylic oxidation sites excluding steroid dienone is 1. The molecule has 3 N–H and O–H groups in total. The zero-order chi connectivity index (χ0) is 24.1. The maximum Gasteiger partial charge on any atom is 0.185 e. The summed E-state index contributed by atoms with van der Waals surface area (Å²) >= 11 is 0. The van der Waals surface area contributed by atoms with Crippen LogP contribution in [-0.2, 0) is 5.41 Å². The number of fused-ring (bicyclic) bond motifs is 5. The molecule has 11 heteroatoms. The van der Waals surface area contributed by atoms with Gasteiger partial charge in [0, 0.05) is 11.6 Å². The summed E-state index contributed by atoms with van der Waals surface area (Å²) in [7, 11) is 0. The zero-order valence-electron chi connectivity index (χ0n) is 18.6. The highest BCUT2D eigenvalue weighted by atomic mass is 16.5. The lowest BCUT2D eigenvalue weighted by atomic mass is 9.71. The zero-order valence-corrected chi connectivity index (χ0v) is 18.6. The molecule has 0 unspecified atom stereocenters. The molecule has 0 saturated heterocycles. The number of phenols is 2. The quantitative estimate of drug-likeness (QED) is 0.384. The van der Waals surface area contributed by atoms with E-state index in [1.54, 1.807) is 19.9 Å². The fourth-order valence-electron chi connectivity index (χ4n) is 4.86. The molecule has 34 heavy (non-hydrogen) atoms. The van der Waals surface area contributed by atoms with Crippen molar-refractivity contribution in [3.63, 3.8) is 0 Å². The van der Waals surface area contributed by atoms with E-state index in [0.29, 0.717) is 33.9 Å². The Balaban J connectivity index is 1.65. The number of aromatic amines is 1. The number of hydrogen-bond donors (Lipinski definition) is 3. The fraction of sp³-hybridized carbons (Fsp3) is 0.217. The third kappa shape index (κ3) is 2.20. The van der Waals surface area contributed by atoms with Crippen LogP contribution in [0.5, 0.6) is 17.2 Å². The molecule has 1 atom stereocenters. The summed E-state index contributed by atoms with van der Waals surface area (Å²) < 4.78 is 7.54. The SMILES string of the molecule is CC(=O)c1c(O)c(C)c(O)c2c1OC1=Cc3c(c(C)nn3-c3ncnc4nc[nH]c34)C(=O)[C@@]12C. The molecular formula is C23H18N6O5. The predicted molar refractivity (Wildman–Crippen MR) is 118 cm³/mol. The van der Waals surface area contributed by atoms with Gasteiger partial charge in [-0.25, -0.2) is 19.6 Å². The monoisotopic (exact) mass is 458 g/mol. The summed E-state index contributed by atoms with van der Waals surface area (Å²) in [5.74, 6) is -0.880. The first-order valence-electron chi connectivity index (χ1n) is 10.4. The van der Waals surface area contributed by atoms with E-state index in [2.05, 4.69) is 25.0 Å². The van der Waals surface area contributed by atoms with Gasteiger partial charge < -0.3 is 19.9 Å². The maximum atomic E-state index is 14.0. The molecule has 3 aromatic heterocycles. The average Bonchev–Trinajstić information content (AvgIpc) is 3.47. The Bertz CT molecular complexity index is 1650. The van der Waals surface area contributed by atoms with E-state index >= 15 is 0 Å². The van der Waals surface area contributed by atoms with Crippen molar-refractivity contribution in [2.75, 3.05) is 0 Å². The molecule has 11 nitrogen and oxygen atoms in total. The number of carbonyl (C=O) groups excluding carboxylic acids is 2. The molecular weight excluding hydrogens is 440 g/mol. The number of nitrogens with one attached hydrogen (secondary N) is 1. The molecule has 6 rings (SSSR count).